The second-order valence-corrected chi connectivity index (χ2v) is 5.74. The Hall–Kier alpha value is -1.72. The van der Waals surface area contributed by atoms with E-state index in [9.17, 15) is 18.0 Å². The zero-order valence-electron chi connectivity index (χ0n) is 11.5. The summed E-state index contributed by atoms with van der Waals surface area (Å²) in [6.07, 6.45) is -5.70. The fraction of sp³-hybridized carbons (Fsp3) is 0.500. The molecule has 1 atom stereocenters. The summed E-state index contributed by atoms with van der Waals surface area (Å²) in [6, 6.07) is 4.50. The van der Waals surface area contributed by atoms with E-state index in [1.165, 1.54) is 6.07 Å². The van der Waals surface area contributed by atoms with Gasteiger partial charge in [0.25, 0.3) is 0 Å². The van der Waals surface area contributed by atoms with Crippen molar-refractivity contribution in [3.8, 4) is 0 Å². The summed E-state index contributed by atoms with van der Waals surface area (Å²) >= 11 is 0. The molecule has 0 bridgehead atoms. The van der Waals surface area contributed by atoms with Crippen molar-refractivity contribution < 1.29 is 22.7 Å². The van der Waals surface area contributed by atoms with Crippen LogP contribution in [0.4, 0.5) is 23.7 Å². The van der Waals surface area contributed by atoms with Gasteiger partial charge in [-0.3, -0.25) is 4.90 Å². The summed E-state index contributed by atoms with van der Waals surface area (Å²) in [4.78, 5) is 12.8. The Balaban J connectivity index is 2.37. The van der Waals surface area contributed by atoms with Gasteiger partial charge in [0, 0.05) is 6.42 Å². The number of para-hydroxylation sites is 1. The molecule has 0 radical (unpaired) electrons. The number of fused-ring (bicyclic) bond motifs is 1. The van der Waals surface area contributed by atoms with Crippen LogP contribution in [0.1, 0.15) is 26.3 Å². The molecule has 1 aromatic rings. The summed E-state index contributed by atoms with van der Waals surface area (Å²) in [6.45, 7) is 4.86. The van der Waals surface area contributed by atoms with Crippen molar-refractivity contribution in [3.05, 3.63) is 29.8 Å². The standard InChI is InChI=1S/C14H16F3NO2/c1-13(2,3)20-12(19)18-10-7-5-4-6-9(10)8-11(18)14(15,16)17/h4-7,11H,8H2,1-3H3. The number of halogens is 3. The molecule has 1 amide bonds. The molecule has 1 aliphatic rings. The zero-order valence-corrected chi connectivity index (χ0v) is 11.5. The van der Waals surface area contributed by atoms with E-state index < -0.39 is 23.9 Å². The molecule has 110 valence electrons. The van der Waals surface area contributed by atoms with Crippen LogP contribution in [-0.4, -0.2) is 23.9 Å². The van der Waals surface area contributed by atoms with Crippen LogP contribution >= 0.6 is 0 Å². The van der Waals surface area contributed by atoms with Gasteiger partial charge in [0.1, 0.15) is 11.6 Å². The van der Waals surface area contributed by atoms with Crippen LogP contribution in [0.2, 0.25) is 0 Å². The summed E-state index contributed by atoms with van der Waals surface area (Å²) in [5.41, 5.74) is -0.0742. The molecular formula is C14H16F3NO2. The molecule has 0 aromatic heterocycles. The molecule has 0 saturated heterocycles. The predicted octanol–water partition coefficient (Wildman–Crippen LogP) is 3.92. The molecule has 0 fully saturated rings. The average Bonchev–Trinajstić information content (AvgIpc) is 2.65. The maximum absolute atomic E-state index is 13.1. The molecule has 0 N–H and O–H groups in total. The fourth-order valence-electron chi connectivity index (χ4n) is 2.18. The topological polar surface area (TPSA) is 29.5 Å². The molecule has 1 aliphatic heterocycles. The molecular weight excluding hydrogens is 271 g/mol. The molecule has 0 aliphatic carbocycles. The molecule has 1 unspecified atom stereocenters. The monoisotopic (exact) mass is 287 g/mol. The quantitative estimate of drug-likeness (QED) is 0.724. The van der Waals surface area contributed by atoms with Gasteiger partial charge in [-0.05, 0) is 32.4 Å². The molecule has 3 nitrogen and oxygen atoms in total. The highest BCUT2D eigenvalue weighted by Crippen LogP contribution is 2.40. The second kappa shape index (κ2) is 4.68. The number of anilines is 1. The van der Waals surface area contributed by atoms with Gasteiger partial charge >= 0.3 is 12.3 Å². The maximum atomic E-state index is 13.1. The van der Waals surface area contributed by atoms with E-state index in [1.807, 2.05) is 0 Å². The van der Waals surface area contributed by atoms with Crippen molar-refractivity contribution >= 4 is 11.8 Å². The highest BCUT2D eigenvalue weighted by molar-refractivity contribution is 5.91. The van der Waals surface area contributed by atoms with Gasteiger partial charge < -0.3 is 4.74 Å². The van der Waals surface area contributed by atoms with E-state index in [1.54, 1.807) is 39.0 Å². The lowest BCUT2D eigenvalue weighted by Gasteiger charge is -2.30. The molecule has 20 heavy (non-hydrogen) atoms. The average molecular weight is 287 g/mol. The van der Waals surface area contributed by atoms with E-state index in [2.05, 4.69) is 0 Å². The number of carbonyl (C=O) groups is 1. The molecule has 1 heterocycles. The third kappa shape index (κ3) is 2.89. The number of benzene rings is 1. The lowest BCUT2D eigenvalue weighted by atomic mass is 10.1. The minimum absolute atomic E-state index is 0.237. The first-order valence-corrected chi connectivity index (χ1v) is 6.26. The van der Waals surface area contributed by atoms with E-state index in [0.717, 1.165) is 0 Å². The minimum Gasteiger partial charge on any atom is -0.443 e. The van der Waals surface area contributed by atoms with Gasteiger partial charge in [0.2, 0.25) is 0 Å². The van der Waals surface area contributed by atoms with Crippen LogP contribution in [0.3, 0.4) is 0 Å². The first kappa shape index (κ1) is 14.7. The van der Waals surface area contributed by atoms with Crippen LogP contribution < -0.4 is 4.90 Å². The zero-order chi connectivity index (χ0) is 15.1. The van der Waals surface area contributed by atoms with Crippen molar-refractivity contribution in [1.29, 1.82) is 0 Å². The summed E-state index contributed by atoms with van der Waals surface area (Å²) in [5, 5.41) is 0. The van der Waals surface area contributed by atoms with Gasteiger partial charge in [0.05, 0.1) is 5.69 Å². The Morgan fingerprint density at radius 3 is 2.40 bits per heavy atom. The van der Waals surface area contributed by atoms with Crippen LogP contribution in [-0.2, 0) is 11.2 Å². The van der Waals surface area contributed by atoms with E-state index in [0.29, 0.717) is 10.5 Å². The van der Waals surface area contributed by atoms with E-state index >= 15 is 0 Å². The molecule has 6 heteroatoms. The number of hydrogen-bond donors (Lipinski definition) is 0. The lowest BCUT2D eigenvalue weighted by molar-refractivity contribution is -0.146. The van der Waals surface area contributed by atoms with Crippen molar-refractivity contribution in [2.24, 2.45) is 0 Å². The van der Waals surface area contributed by atoms with Crippen molar-refractivity contribution in [2.45, 2.75) is 45.0 Å². The highest BCUT2D eigenvalue weighted by atomic mass is 19.4. The van der Waals surface area contributed by atoms with Gasteiger partial charge in [-0.2, -0.15) is 13.2 Å². The maximum Gasteiger partial charge on any atom is 0.415 e. The second-order valence-electron chi connectivity index (χ2n) is 5.74. The smallest absolute Gasteiger partial charge is 0.415 e. The molecule has 2 rings (SSSR count). The normalized spacial score (nSPS) is 18.9. The number of carbonyl (C=O) groups excluding carboxylic acids is 1. The lowest BCUT2D eigenvalue weighted by Crippen LogP contribution is -2.48. The molecule has 0 saturated carbocycles. The number of nitrogens with zero attached hydrogens (tertiary/aromatic N) is 1. The van der Waals surface area contributed by atoms with E-state index in [-0.39, 0.29) is 12.1 Å². The Labute approximate surface area is 115 Å². The molecule has 1 aromatic carbocycles. The number of ether oxygens (including phenoxy) is 1. The first-order chi connectivity index (χ1) is 9.09. The van der Waals surface area contributed by atoms with Crippen molar-refractivity contribution in [3.63, 3.8) is 0 Å². The Bertz CT molecular complexity index is 520. The Morgan fingerprint density at radius 1 is 1.25 bits per heavy atom. The third-order valence-electron chi connectivity index (χ3n) is 2.94. The number of amides is 1. The van der Waals surface area contributed by atoms with Crippen molar-refractivity contribution in [2.75, 3.05) is 4.90 Å². The van der Waals surface area contributed by atoms with Crippen molar-refractivity contribution in [1.82, 2.24) is 0 Å². The minimum atomic E-state index is -4.49. The fourth-order valence-corrected chi connectivity index (χ4v) is 2.18. The van der Waals surface area contributed by atoms with Crippen LogP contribution in [0, 0.1) is 0 Å². The van der Waals surface area contributed by atoms with Gasteiger partial charge in [0.15, 0.2) is 0 Å². The number of hydrogen-bond acceptors (Lipinski definition) is 2. The summed E-state index contributed by atoms with van der Waals surface area (Å²) in [7, 11) is 0. The molecule has 0 spiro atoms. The van der Waals surface area contributed by atoms with Crippen LogP contribution in [0.5, 0.6) is 0 Å². The first-order valence-electron chi connectivity index (χ1n) is 6.26. The SMILES string of the molecule is CC(C)(C)OC(=O)N1c2ccccc2CC1C(F)(F)F. The number of rotatable bonds is 0. The predicted molar refractivity (Wildman–Crippen MR) is 68.7 cm³/mol. The van der Waals surface area contributed by atoms with Crippen LogP contribution in [0.25, 0.3) is 0 Å². The van der Waals surface area contributed by atoms with Gasteiger partial charge in [-0.15, -0.1) is 0 Å². The van der Waals surface area contributed by atoms with Crippen LogP contribution in [0.15, 0.2) is 24.3 Å². The third-order valence-corrected chi connectivity index (χ3v) is 2.94. The summed E-state index contributed by atoms with van der Waals surface area (Å²) < 4.78 is 44.4. The highest BCUT2D eigenvalue weighted by Gasteiger charge is 2.51. The Kier molecular flexibility index (Phi) is 3.44. The largest absolute Gasteiger partial charge is 0.443 e. The van der Waals surface area contributed by atoms with E-state index in [4.69, 9.17) is 4.74 Å². The number of alkyl halides is 3. The Morgan fingerprint density at radius 2 is 1.85 bits per heavy atom. The van der Waals surface area contributed by atoms with Gasteiger partial charge in [-0.25, -0.2) is 4.79 Å². The summed E-state index contributed by atoms with van der Waals surface area (Å²) in [5.74, 6) is 0. The van der Waals surface area contributed by atoms with Gasteiger partial charge in [-0.1, -0.05) is 18.2 Å².